The third-order valence-corrected chi connectivity index (χ3v) is 3.89. The smallest absolute Gasteiger partial charge is 0.317 e. The van der Waals surface area contributed by atoms with Crippen molar-refractivity contribution in [2.75, 3.05) is 26.3 Å². The van der Waals surface area contributed by atoms with Crippen LogP contribution in [0.4, 0.5) is 4.79 Å². The molecule has 1 aliphatic heterocycles. The van der Waals surface area contributed by atoms with Crippen LogP contribution in [0.3, 0.4) is 0 Å². The first-order chi connectivity index (χ1) is 8.81. The number of nitrogens with one attached hydrogen (secondary N) is 1. The van der Waals surface area contributed by atoms with Gasteiger partial charge in [0, 0.05) is 19.2 Å². The standard InChI is InChI=1S/C13H25N3O2/c14-7-3-8-16(12-4-1-2-5-12)13(17)15-11-6-9-18-10-11/h11-12H,1-10,14H2,(H,15,17). The molecule has 5 nitrogen and oxygen atoms in total. The van der Waals surface area contributed by atoms with E-state index in [0.717, 1.165) is 38.8 Å². The van der Waals surface area contributed by atoms with Crippen molar-refractivity contribution in [2.45, 2.75) is 50.6 Å². The Morgan fingerprint density at radius 2 is 2.11 bits per heavy atom. The van der Waals surface area contributed by atoms with E-state index < -0.39 is 0 Å². The molecule has 104 valence electrons. The van der Waals surface area contributed by atoms with E-state index in [4.69, 9.17) is 10.5 Å². The number of urea groups is 1. The monoisotopic (exact) mass is 255 g/mol. The number of carbonyl (C=O) groups is 1. The molecule has 5 heteroatoms. The van der Waals surface area contributed by atoms with Crippen LogP contribution in [0.15, 0.2) is 0 Å². The van der Waals surface area contributed by atoms with E-state index in [2.05, 4.69) is 5.32 Å². The second kappa shape index (κ2) is 6.95. The quantitative estimate of drug-likeness (QED) is 0.772. The highest BCUT2D eigenvalue weighted by Gasteiger charge is 2.28. The highest BCUT2D eigenvalue weighted by atomic mass is 16.5. The molecular formula is C13H25N3O2. The van der Waals surface area contributed by atoms with Gasteiger partial charge in [-0.1, -0.05) is 12.8 Å². The first-order valence-electron chi connectivity index (χ1n) is 7.16. The second-order valence-corrected chi connectivity index (χ2v) is 5.28. The molecule has 2 rings (SSSR count). The molecule has 0 aromatic heterocycles. The summed E-state index contributed by atoms with van der Waals surface area (Å²) in [5.74, 6) is 0. The molecule has 1 atom stereocenters. The van der Waals surface area contributed by atoms with E-state index in [1.165, 1.54) is 12.8 Å². The number of nitrogens with two attached hydrogens (primary N) is 1. The van der Waals surface area contributed by atoms with Gasteiger partial charge in [-0.2, -0.15) is 0 Å². The van der Waals surface area contributed by atoms with Crippen molar-refractivity contribution in [1.29, 1.82) is 0 Å². The topological polar surface area (TPSA) is 67.6 Å². The molecule has 2 fully saturated rings. The highest BCUT2D eigenvalue weighted by Crippen LogP contribution is 2.23. The van der Waals surface area contributed by atoms with Gasteiger partial charge >= 0.3 is 6.03 Å². The Kier molecular flexibility index (Phi) is 5.26. The molecule has 0 radical (unpaired) electrons. The van der Waals surface area contributed by atoms with Crippen molar-refractivity contribution in [2.24, 2.45) is 5.73 Å². The highest BCUT2D eigenvalue weighted by molar-refractivity contribution is 5.75. The number of carbonyl (C=O) groups excluding carboxylic acids is 1. The summed E-state index contributed by atoms with van der Waals surface area (Å²) in [6.45, 7) is 2.84. The minimum atomic E-state index is 0.0749. The minimum absolute atomic E-state index is 0.0749. The fourth-order valence-corrected chi connectivity index (χ4v) is 2.83. The maximum absolute atomic E-state index is 12.3. The van der Waals surface area contributed by atoms with E-state index >= 15 is 0 Å². The molecule has 0 aromatic carbocycles. The summed E-state index contributed by atoms with van der Waals surface area (Å²) in [6.07, 6.45) is 6.57. The summed E-state index contributed by atoms with van der Waals surface area (Å²) < 4.78 is 5.29. The van der Waals surface area contributed by atoms with Gasteiger partial charge in [0.05, 0.1) is 12.6 Å². The van der Waals surface area contributed by atoms with Crippen LogP contribution in [0, 0.1) is 0 Å². The Hall–Kier alpha value is -0.810. The summed E-state index contributed by atoms with van der Waals surface area (Å²) >= 11 is 0. The van der Waals surface area contributed by atoms with Gasteiger partial charge in [-0.15, -0.1) is 0 Å². The summed E-state index contributed by atoms with van der Waals surface area (Å²) in [4.78, 5) is 14.3. The van der Waals surface area contributed by atoms with Gasteiger partial charge in [0.15, 0.2) is 0 Å². The zero-order valence-corrected chi connectivity index (χ0v) is 11.1. The van der Waals surface area contributed by atoms with Gasteiger partial charge in [-0.25, -0.2) is 4.79 Å². The van der Waals surface area contributed by atoms with Crippen LogP contribution >= 0.6 is 0 Å². The van der Waals surface area contributed by atoms with E-state index in [1.807, 2.05) is 4.90 Å². The Morgan fingerprint density at radius 3 is 2.72 bits per heavy atom. The molecule has 2 amide bonds. The van der Waals surface area contributed by atoms with Crippen LogP contribution in [-0.2, 0) is 4.74 Å². The molecule has 2 aliphatic rings. The maximum atomic E-state index is 12.3. The molecule has 1 aliphatic carbocycles. The first kappa shape index (κ1) is 13.6. The third-order valence-electron chi connectivity index (χ3n) is 3.89. The molecule has 3 N–H and O–H groups in total. The number of amides is 2. The molecule has 0 spiro atoms. The van der Waals surface area contributed by atoms with Gasteiger partial charge in [0.1, 0.15) is 0 Å². The number of rotatable bonds is 5. The van der Waals surface area contributed by atoms with Gasteiger partial charge in [-0.05, 0) is 32.2 Å². The maximum Gasteiger partial charge on any atom is 0.317 e. The van der Waals surface area contributed by atoms with Crippen molar-refractivity contribution in [3.8, 4) is 0 Å². The van der Waals surface area contributed by atoms with Crippen molar-refractivity contribution < 1.29 is 9.53 Å². The Labute approximate surface area is 109 Å². The molecule has 0 bridgehead atoms. The lowest BCUT2D eigenvalue weighted by atomic mass is 10.2. The fraction of sp³-hybridized carbons (Fsp3) is 0.923. The fourth-order valence-electron chi connectivity index (χ4n) is 2.83. The van der Waals surface area contributed by atoms with Gasteiger partial charge in [0.25, 0.3) is 0 Å². The zero-order chi connectivity index (χ0) is 12.8. The summed E-state index contributed by atoms with van der Waals surface area (Å²) in [5.41, 5.74) is 5.56. The lowest BCUT2D eigenvalue weighted by Crippen LogP contribution is -2.49. The zero-order valence-electron chi connectivity index (χ0n) is 11.1. The van der Waals surface area contributed by atoms with Gasteiger partial charge < -0.3 is 20.7 Å². The molecule has 1 saturated heterocycles. The predicted octanol–water partition coefficient (Wildman–Crippen LogP) is 1.08. The van der Waals surface area contributed by atoms with E-state index in [0.29, 0.717) is 19.2 Å². The van der Waals surface area contributed by atoms with Crippen LogP contribution in [0.5, 0.6) is 0 Å². The average Bonchev–Trinajstić information content (AvgIpc) is 3.02. The largest absolute Gasteiger partial charge is 0.379 e. The Morgan fingerprint density at radius 1 is 1.33 bits per heavy atom. The first-order valence-corrected chi connectivity index (χ1v) is 7.16. The molecule has 1 heterocycles. The van der Waals surface area contributed by atoms with E-state index in [1.54, 1.807) is 0 Å². The Bertz CT molecular complexity index is 261. The molecular weight excluding hydrogens is 230 g/mol. The van der Waals surface area contributed by atoms with Gasteiger partial charge in [0.2, 0.25) is 0 Å². The number of nitrogens with zero attached hydrogens (tertiary/aromatic N) is 1. The van der Waals surface area contributed by atoms with Crippen LogP contribution in [0.2, 0.25) is 0 Å². The minimum Gasteiger partial charge on any atom is -0.379 e. The van der Waals surface area contributed by atoms with Crippen molar-refractivity contribution in [1.82, 2.24) is 10.2 Å². The molecule has 1 saturated carbocycles. The Balaban J connectivity index is 1.86. The molecule has 18 heavy (non-hydrogen) atoms. The summed E-state index contributed by atoms with van der Waals surface area (Å²) in [5, 5.41) is 3.09. The van der Waals surface area contributed by atoms with Crippen LogP contribution in [-0.4, -0.2) is 49.3 Å². The molecule has 1 unspecified atom stereocenters. The molecule has 0 aromatic rings. The third kappa shape index (κ3) is 3.59. The number of hydrogen-bond donors (Lipinski definition) is 2. The van der Waals surface area contributed by atoms with Crippen molar-refractivity contribution >= 4 is 6.03 Å². The van der Waals surface area contributed by atoms with Crippen molar-refractivity contribution in [3.63, 3.8) is 0 Å². The average molecular weight is 255 g/mol. The summed E-state index contributed by atoms with van der Waals surface area (Å²) in [7, 11) is 0. The van der Waals surface area contributed by atoms with E-state index in [-0.39, 0.29) is 12.1 Å². The van der Waals surface area contributed by atoms with Crippen molar-refractivity contribution in [3.05, 3.63) is 0 Å². The SMILES string of the molecule is NCCCN(C(=O)NC1CCOC1)C1CCCC1. The number of ether oxygens (including phenoxy) is 1. The number of hydrogen-bond acceptors (Lipinski definition) is 3. The van der Waals surface area contributed by atoms with Gasteiger partial charge in [-0.3, -0.25) is 0 Å². The van der Waals surface area contributed by atoms with E-state index in [9.17, 15) is 4.79 Å². The second-order valence-electron chi connectivity index (χ2n) is 5.28. The van der Waals surface area contributed by atoms with Crippen LogP contribution in [0.25, 0.3) is 0 Å². The summed E-state index contributed by atoms with van der Waals surface area (Å²) in [6, 6.07) is 0.684. The van der Waals surface area contributed by atoms with Crippen LogP contribution in [0.1, 0.15) is 38.5 Å². The lowest BCUT2D eigenvalue weighted by molar-refractivity contribution is 0.163. The lowest BCUT2D eigenvalue weighted by Gasteiger charge is -2.30. The normalized spacial score (nSPS) is 24.4. The van der Waals surface area contributed by atoms with Crippen LogP contribution < -0.4 is 11.1 Å². The predicted molar refractivity (Wildman–Crippen MR) is 70.4 cm³/mol.